The molecule has 2 aromatic rings. The molecule has 28 heavy (non-hydrogen) atoms. The van der Waals surface area contributed by atoms with Crippen LogP contribution in [-0.4, -0.2) is 32.2 Å². The number of carbonyl (C=O) groups excluding carboxylic acids is 1. The number of amides is 1. The Morgan fingerprint density at radius 2 is 1.89 bits per heavy atom. The van der Waals surface area contributed by atoms with Gasteiger partial charge in [-0.25, -0.2) is 0 Å². The highest BCUT2D eigenvalue weighted by atomic mass is 16.5. The molecule has 1 amide bonds. The molecule has 2 aliphatic rings. The lowest BCUT2D eigenvalue weighted by molar-refractivity contribution is -0.117. The van der Waals surface area contributed by atoms with E-state index >= 15 is 0 Å². The van der Waals surface area contributed by atoms with E-state index in [0.717, 1.165) is 42.1 Å². The average Bonchev–Trinajstić information content (AvgIpc) is 2.99. The van der Waals surface area contributed by atoms with E-state index in [1.807, 2.05) is 35.2 Å². The molecule has 4 rings (SSSR count). The first-order valence-electron chi connectivity index (χ1n) is 10.1. The highest BCUT2D eigenvalue weighted by Crippen LogP contribution is 2.34. The summed E-state index contributed by atoms with van der Waals surface area (Å²) < 4.78 is 11.6. The van der Waals surface area contributed by atoms with Crippen molar-refractivity contribution in [1.29, 1.82) is 0 Å². The Kier molecular flexibility index (Phi) is 5.53. The quantitative estimate of drug-likeness (QED) is 0.859. The van der Waals surface area contributed by atoms with Crippen LogP contribution < -0.4 is 19.7 Å². The molecule has 1 atom stereocenters. The Bertz CT molecular complexity index is 849. The largest absolute Gasteiger partial charge is 0.490 e. The van der Waals surface area contributed by atoms with Gasteiger partial charge in [0.2, 0.25) is 5.91 Å². The zero-order chi connectivity index (χ0) is 19.5. The zero-order valence-corrected chi connectivity index (χ0v) is 16.6. The fourth-order valence-corrected chi connectivity index (χ4v) is 4.00. The summed E-state index contributed by atoms with van der Waals surface area (Å²) >= 11 is 0. The van der Waals surface area contributed by atoms with Gasteiger partial charge in [-0.2, -0.15) is 0 Å². The lowest BCUT2D eigenvalue weighted by Gasteiger charge is -2.25. The summed E-state index contributed by atoms with van der Waals surface area (Å²) in [5.74, 6) is 2.05. The van der Waals surface area contributed by atoms with Crippen LogP contribution >= 0.6 is 0 Å². The first-order valence-corrected chi connectivity index (χ1v) is 10.1. The van der Waals surface area contributed by atoms with Crippen LogP contribution in [0.4, 0.5) is 5.69 Å². The molecule has 2 heterocycles. The Hall–Kier alpha value is -2.53. The molecule has 0 aromatic heterocycles. The molecule has 0 saturated heterocycles. The van der Waals surface area contributed by atoms with Crippen molar-refractivity contribution in [3.8, 4) is 11.5 Å². The van der Waals surface area contributed by atoms with E-state index in [-0.39, 0.29) is 11.9 Å². The molecular weight excluding hydrogens is 352 g/mol. The van der Waals surface area contributed by atoms with E-state index in [2.05, 4.69) is 31.3 Å². The van der Waals surface area contributed by atoms with Crippen molar-refractivity contribution in [2.24, 2.45) is 5.92 Å². The van der Waals surface area contributed by atoms with E-state index in [9.17, 15) is 4.79 Å². The molecule has 0 radical (unpaired) electrons. The topological polar surface area (TPSA) is 50.8 Å². The minimum atomic E-state index is 0.0685. The minimum Gasteiger partial charge on any atom is -0.490 e. The number of fused-ring (bicyclic) bond motifs is 2. The first-order chi connectivity index (χ1) is 13.6. The Morgan fingerprint density at radius 3 is 2.71 bits per heavy atom. The number of nitrogens with one attached hydrogen (secondary N) is 1. The highest BCUT2D eigenvalue weighted by molar-refractivity contribution is 5.96. The summed E-state index contributed by atoms with van der Waals surface area (Å²) in [5.41, 5.74) is 3.42. The van der Waals surface area contributed by atoms with Gasteiger partial charge in [-0.1, -0.05) is 38.1 Å². The van der Waals surface area contributed by atoms with E-state index in [0.29, 0.717) is 25.7 Å². The van der Waals surface area contributed by atoms with Crippen LogP contribution in [0.25, 0.3) is 0 Å². The van der Waals surface area contributed by atoms with Crippen molar-refractivity contribution in [2.75, 3.05) is 31.2 Å². The van der Waals surface area contributed by atoms with Gasteiger partial charge in [0.15, 0.2) is 11.5 Å². The van der Waals surface area contributed by atoms with E-state index in [1.165, 1.54) is 5.56 Å². The third-order valence-electron chi connectivity index (χ3n) is 5.46. The summed E-state index contributed by atoms with van der Waals surface area (Å²) in [6.07, 6.45) is 1.82. The van der Waals surface area contributed by atoms with E-state index < -0.39 is 0 Å². The summed E-state index contributed by atoms with van der Waals surface area (Å²) in [6, 6.07) is 14.3. The predicted octanol–water partition coefficient (Wildman–Crippen LogP) is 3.72. The van der Waals surface area contributed by atoms with Crippen molar-refractivity contribution in [2.45, 2.75) is 32.7 Å². The third kappa shape index (κ3) is 3.85. The molecule has 0 spiro atoms. The monoisotopic (exact) mass is 380 g/mol. The zero-order valence-electron chi connectivity index (χ0n) is 16.6. The summed E-state index contributed by atoms with van der Waals surface area (Å²) in [4.78, 5) is 14.8. The number of nitrogens with zero attached hydrogens (tertiary/aromatic N) is 1. The maximum Gasteiger partial charge on any atom is 0.240 e. The highest BCUT2D eigenvalue weighted by Gasteiger charge is 2.25. The number of carbonyl (C=O) groups is 1. The molecule has 2 aliphatic heterocycles. The van der Waals surface area contributed by atoms with Gasteiger partial charge in [0, 0.05) is 24.7 Å². The Labute approximate surface area is 166 Å². The van der Waals surface area contributed by atoms with Crippen LogP contribution in [0.3, 0.4) is 0 Å². The standard InChI is InChI=1S/C23H28N2O3/c1-16(2)23(18-8-9-20-21(14-18)28-13-5-12-27-20)24-15-22(26)25-11-10-17-6-3-4-7-19(17)25/h3-4,6-9,14,16,23-24H,5,10-13,15H2,1-2H3/t23-/m1/s1. The second-order valence-corrected chi connectivity index (χ2v) is 7.78. The maximum absolute atomic E-state index is 12.9. The smallest absolute Gasteiger partial charge is 0.240 e. The second-order valence-electron chi connectivity index (χ2n) is 7.78. The van der Waals surface area contributed by atoms with Gasteiger partial charge in [0.1, 0.15) is 0 Å². The molecule has 0 unspecified atom stereocenters. The molecule has 0 bridgehead atoms. The van der Waals surface area contributed by atoms with E-state index in [1.54, 1.807) is 0 Å². The Morgan fingerprint density at radius 1 is 1.11 bits per heavy atom. The third-order valence-corrected chi connectivity index (χ3v) is 5.46. The molecule has 1 N–H and O–H groups in total. The molecule has 0 fully saturated rings. The predicted molar refractivity (Wildman–Crippen MR) is 110 cm³/mol. The van der Waals surface area contributed by atoms with Crippen LogP contribution in [0, 0.1) is 5.92 Å². The second kappa shape index (κ2) is 8.23. The summed E-state index contributed by atoms with van der Waals surface area (Å²) in [7, 11) is 0. The number of anilines is 1. The number of para-hydroxylation sites is 1. The van der Waals surface area contributed by atoms with Crippen LogP contribution in [0.1, 0.15) is 37.4 Å². The van der Waals surface area contributed by atoms with Crippen LogP contribution in [0.5, 0.6) is 11.5 Å². The lowest BCUT2D eigenvalue weighted by atomic mass is 9.95. The minimum absolute atomic E-state index is 0.0685. The van der Waals surface area contributed by atoms with Crippen molar-refractivity contribution >= 4 is 11.6 Å². The average molecular weight is 380 g/mol. The number of hydrogen-bond donors (Lipinski definition) is 1. The summed E-state index contributed by atoms with van der Waals surface area (Å²) in [5, 5.41) is 3.48. The molecule has 5 nitrogen and oxygen atoms in total. The van der Waals surface area contributed by atoms with Gasteiger partial charge in [0.25, 0.3) is 0 Å². The van der Waals surface area contributed by atoms with Crippen molar-refractivity contribution in [3.05, 3.63) is 53.6 Å². The van der Waals surface area contributed by atoms with Gasteiger partial charge in [-0.15, -0.1) is 0 Å². The van der Waals surface area contributed by atoms with Crippen molar-refractivity contribution in [3.63, 3.8) is 0 Å². The molecular formula is C23H28N2O3. The number of hydrogen-bond acceptors (Lipinski definition) is 4. The van der Waals surface area contributed by atoms with Gasteiger partial charge in [0.05, 0.1) is 19.8 Å². The number of ether oxygens (including phenoxy) is 2. The molecule has 2 aromatic carbocycles. The number of benzene rings is 2. The number of rotatable bonds is 5. The van der Waals surface area contributed by atoms with Crippen molar-refractivity contribution in [1.82, 2.24) is 5.32 Å². The fraction of sp³-hybridized carbons (Fsp3) is 0.435. The lowest BCUT2D eigenvalue weighted by Crippen LogP contribution is -2.39. The maximum atomic E-state index is 12.9. The molecule has 0 aliphatic carbocycles. The van der Waals surface area contributed by atoms with Gasteiger partial charge in [-0.3, -0.25) is 4.79 Å². The normalized spacial score (nSPS) is 16.6. The Balaban J connectivity index is 1.46. The van der Waals surface area contributed by atoms with Crippen LogP contribution in [0.15, 0.2) is 42.5 Å². The van der Waals surface area contributed by atoms with E-state index in [4.69, 9.17) is 9.47 Å². The van der Waals surface area contributed by atoms with Gasteiger partial charge >= 0.3 is 0 Å². The molecule has 148 valence electrons. The van der Waals surface area contributed by atoms with Crippen LogP contribution in [-0.2, 0) is 11.2 Å². The van der Waals surface area contributed by atoms with Crippen LogP contribution in [0.2, 0.25) is 0 Å². The molecule has 5 heteroatoms. The summed E-state index contributed by atoms with van der Waals surface area (Å²) in [6.45, 7) is 6.75. The SMILES string of the molecule is CC(C)[C@@H](NCC(=O)N1CCc2ccccc21)c1ccc2c(c1)OCCCO2. The fourth-order valence-electron chi connectivity index (χ4n) is 4.00. The first kappa shape index (κ1) is 18.8. The van der Waals surface area contributed by atoms with Crippen molar-refractivity contribution < 1.29 is 14.3 Å². The van der Waals surface area contributed by atoms with Gasteiger partial charge < -0.3 is 19.7 Å². The van der Waals surface area contributed by atoms with Gasteiger partial charge in [-0.05, 0) is 41.7 Å². The molecule has 0 saturated carbocycles.